The predicted molar refractivity (Wildman–Crippen MR) is 63.3 cm³/mol. The second-order valence-electron chi connectivity index (χ2n) is 4.55. The van der Waals surface area contributed by atoms with Crippen molar-refractivity contribution in [2.24, 2.45) is 11.7 Å². The molecule has 2 atom stereocenters. The Hall–Kier alpha value is -0.340. The largest absolute Gasteiger partial charge is 0.324 e. The third-order valence-corrected chi connectivity index (χ3v) is 4.12. The lowest BCUT2D eigenvalue weighted by Gasteiger charge is -2.16. The van der Waals surface area contributed by atoms with E-state index in [2.05, 4.69) is 48.0 Å². The second-order valence-corrected chi connectivity index (χ2v) is 5.40. The maximum Gasteiger partial charge on any atom is 0.0254 e. The van der Waals surface area contributed by atoms with Crippen molar-refractivity contribution in [3.05, 3.63) is 34.3 Å². The van der Waals surface area contributed by atoms with E-state index < -0.39 is 0 Å². The quantitative estimate of drug-likeness (QED) is 0.861. The summed E-state index contributed by atoms with van der Waals surface area (Å²) in [6.45, 7) is 4.41. The van der Waals surface area contributed by atoms with E-state index in [1.165, 1.54) is 10.0 Å². The third-order valence-electron chi connectivity index (χ3n) is 3.40. The average Bonchev–Trinajstić information content (AvgIpc) is 2.80. The van der Waals surface area contributed by atoms with E-state index in [1.807, 2.05) is 6.07 Å². The van der Waals surface area contributed by atoms with Gasteiger partial charge in [0.25, 0.3) is 0 Å². The summed E-state index contributed by atoms with van der Waals surface area (Å²) in [4.78, 5) is 0. The van der Waals surface area contributed by atoms with Crippen LogP contribution in [0.25, 0.3) is 0 Å². The topological polar surface area (TPSA) is 26.0 Å². The summed E-state index contributed by atoms with van der Waals surface area (Å²) in [5, 5.41) is 0. The van der Waals surface area contributed by atoms with Gasteiger partial charge in [-0.3, -0.25) is 0 Å². The van der Waals surface area contributed by atoms with Gasteiger partial charge in [0.1, 0.15) is 0 Å². The lowest BCUT2D eigenvalue weighted by molar-refractivity contribution is 0.464. The highest BCUT2D eigenvalue weighted by atomic mass is 79.9. The Morgan fingerprint density at radius 1 is 1.43 bits per heavy atom. The molecule has 0 amide bonds. The fraction of sp³-hybridized carbons (Fsp3) is 0.500. The summed E-state index contributed by atoms with van der Waals surface area (Å²) < 4.78 is 1.19. The van der Waals surface area contributed by atoms with E-state index in [1.54, 1.807) is 0 Å². The molecule has 0 aliphatic heterocycles. The minimum Gasteiger partial charge on any atom is -0.324 e. The molecule has 0 radical (unpaired) electrons. The van der Waals surface area contributed by atoms with E-state index in [4.69, 9.17) is 5.73 Å². The smallest absolute Gasteiger partial charge is 0.0254 e. The lowest BCUT2D eigenvalue weighted by Crippen LogP contribution is -2.30. The molecule has 0 heterocycles. The summed E-state index contributed by atoms with van der Waals surface area (Å²) in [7, 11) is 0. The van der Waals surface area contributed by atoms with Gasteiger partial charge in [-0.1, -0.05) is 48.0 Å². The SMILES string of the molecule is CC(C)C1(N)CC1c1ccccc1Br. The zero-order valence-corrected chi connectivity index (χ0v) is 10.2. The van der Waals surface area contributed by atoms with Crippen molar-refractivity contribution >= 4 is 15.9 Å². The molecule has 2 heteroatoms. The van der Waals surface area contributed by atoms with Gasteiger partial charge < -0.3 is 5.73 Å². The summed E-state index contributed by atoms with van der Waals surface area (Å²) in [6, 6.07) is 8.39. The normalized spacial score (nSPS) is 30.8. The Labute approximate surface area is 93.8 Å². The number of halogens is 1. The molecule has 1 aromatic rings. The molecule has 1 nitrogen and oxygen atoms in total. The number of hydrogen-bond acceptors (Lipinski definition) is 1. The van der Waals surface area contributed by atoms with Gasteiger partial charge in [0.2, 0.25) is 0 Å². The van der Waals surface area contributed by atoms with Crippen LogP contribution in [0.4, 0.5) is 0 Å². The summed E-state index contributed by atoms with van der Waals surface area (Å²) >= 11 is 3.58. The molecule has 1 aliphatic rings. The van der Waals surface area contributed by atoms with Gasteiger partial charge in [-0.15, -0.1) is 0 Å². The molecule has 14 heavy (non-hydrogen) atoms. The van der Waals surface area contributed by atoms with Gasteiger partial charge in [0, 0.05) is 15.9 Å². The standard InChI is InChI=1S/C12H16BrN/c1-8(2)12(14)7-10(12)9-5-3-4-6-11(9)13/h3-6,8,10H,7,14H2,1-2H3. The molecule has 1 aliphatic carbocycles. The summed E-state index contributed by atoms with van der Waals surface area (Å²) in [5.74, 6) is 1.10. The molecule has 1 saturated carbocycles. The van der Waals surface area contributed by atoms with Crippen LogP contribution in [0.1, 0.15) is 31.7 Å². The first-order valence-electron chi connectivity index (χ1n) is 5.09. The number of nitrogens with two attached hydrogens (primary N) is 1. The van der Waals surface area contributed by atoms with Crippen LogP contribution in [-0.4, -0.2) is 5.54 Å². The van der Waals surface area contributed by atoms with Gasteiger partial charge >= 0.3 is 0 Å². The van der Waals surface area contributed by atoms with Crippen molar-refractivity contribution < 1.29 is 0 Å². The van der Waals surface area contributed by atoms with Crippen molar-refractivity contribution in [3.8, 4) is 0 Å². The Balaban J connectivity index is 2.25. The van der Waals surface area contributed by atoms with Crippen LogP contribution in [0.3, 0.4) is 0 Å². The first-order valence-corrected chi connectivity index (χ1v) is 5.88. The molecule has 2 N–H and O–H groups in total. The zero-order valence-electron chi connectivity index (χ0n) is 8.63. The van der Waals surface area contributed by atoms with Gasteiger partial charge in [-0.05, 0) is 24.0 Å². The Kier molecular flexibility index (Phi) is 2.44. The van der Waals surface area contributed by atoms with Crippen molar-refractivity contribution in [3.63, 3.8) is 0 Å². The highest BCUT2D eigenvalue weighted by Crippen LogP contribution is 2.55. The molecular formula is C12H16BrN. The van der Waals surface area contributed by atoms with Crippen LogP contribution in [0.15, 0.2) is 28.7 Å². The van der Waals surface area contributed by atoms with Gasteiger partial charge in [-0.25, -0.2) is 0 Å². The van der Waals surface area contributed by atoms with E-state index in [9.17, 15) is 0 Å². The average molecular weight is 254 g/mol. The monoisotopic (exact) mass is 253 g/mol. The first kappa shape index (κ1) is 10.2. The zero-order chi connectivity index (χ0) is 10.3. The minimum absolute atomic E-state index is 0.0316. The van der Waals surface area contributed by atoms with Gasteiger partial charge in [0.15, 0.2) is 0 Å². The Morgan fingerprint density at radius 2 is 2.07 bits per heavy atom. The lowest BCUT2D eigenvalue weighted by atomic mass is 9.97. The minimum atomic E-state index is 0.0316. The molecule has 0 saturated heterocycles. The number of hydrogen-bond donors (Lipinski definition) is 1. The molecule has 0 bridgehead atoms. The Morgan fingerprint density at radius 3 is 2.57 bits per heavy atom. The molecule has 0 aromatic heterocycles. The third kappa shape index (κ3) is 1.51. The first-order chi connectivity index (χ1) is 6.55. The van der Waals surface area contributed by atoms with Gasteiger partial charge in [-0.2, -0.15) is 0 Å². The molecule has 1 aromatic carbocycles. The molecule has 0 spiro atoms. The molecule has 2 unspecified atom stereocenters. The molecule has 76 valence electrons. The molecular weight excluding hydrogens is 238 g/mol. The van der Waals surface area contributed by atoms with E-state index in [0.717, 1.165) is 6.42 Å². The fourth-order valence-corrected chi connectivity index (χ4v) is 2.65. The van der Waals surface area contributed by atoms with Crippen molar-refractivity contribution in [1.82, 2.24) is 0 Å². The Bertz CT molecular complexity index is 348. The van der Waals surface area contributed by atoms with E-state index in [0.29, 0.717) is 11.8 Å². The fourth-order valence-electron chi connectivity index (χ4n) is 2.09. The summed E-state index contributed by atoms with van der Waals surface area (Å²) in [6.07, 6.45) is 1.12. The van der Waals surface area contributed by atoms with Crippen LogP contribution in [0.5, 0.6) is 0 Å². The maximum atomic E-state index is 6.31. The van der Waals surface area contributed by atoms with Crippen LogP contribution < -0.4 is 5.73 Å². The highest BCUT2D eigenvalue weighted by molar-refractivity contribution is 9.10. The number of rotatable bonds is 2. The molecule has 1 fully saturated rings. The van der Waals surface area contributed by atoms with Crippen molar-refractivity contribution in [2.75, 3.05) is 0 Å². The van der Waals surface area contributed by atoms with Crippen LogP contribution in [-0.2, 0) is 0 Å². The second kappa shape index (κ2) is 3.35. The molecule has 2 rings (SSSR count). The highest BCUT2D eigenvalue weighted by Gasteiger charge is 2.54. The summed E-state index contributed by atoms with van der Waals surface area (Å²) in [5.41, 5.74) is 7.71. The van der Waals surface area contributed by atoms with Crippen molar-refractivity contribution in [2.45, 2.75) is 31.7 Å². The maximum absolute atomic E-state index is 6.31. The van der Waals surface area contributed by atoms with Crippen LogP contribution in [0.2, 0.25) is 0 Å². The number of benzene rings is 1. The van der Waals surface area contributed by atoms with Crippen LogP contribution >= 0.6 is 15.9 Å². The van der Waals surface area contributed by atoms with Crippen LogP contribution in [0, 0.1) is 5.92 Å². The van der Waals surface area contributed by atoms with E-state index >= 15 is 0 Å². The van der Waals surface area contributed by atoms with E-state index in [-0.39, 0.29) is 5.54 Å². The van der Waals surface area contributed by atoms with Crippen molar-refractivity contribution in [1.29, 1.82) is 0 Å². The predicted octanol–water partition coefficient (Wildman–Crippen LogP) is 3.29. The van der Waals surface area contributed by atoms with Gasteiger partial charge in [0.05, 0.1) is 0 Å².